The molecule has 0 aliphatic heterocycles. The van der Waals surface area contributed by atoms with Crippen molar-refractivity contribution in [3.8, 4) is 0 Å². The third kappa shape index (κ3) is 6.89. The van der Waals surface area contributed by atoms with Crippen LogP contribution in [0.2, 0.25) is 0 Å². The molecule has 162 valence electrons. The average molecular weight is 442 g/mol. The number of carbonyl (C=O) groups is 1. The minimum absolute atomic E-state index is 0.128. The molecule has 8 heteroatoms. The number of carbonyl (C=O) groups excluding carboxylic acids is 1. The predicted molar refractivity (Wildman–Crippen MR) is 120 cm³/mol. The SMILES string of the molecule is CS(=O)(=O)N(CCCC(=O)Nc1ccc(Cc2ccncc2)cc1)c1ccc(F)cc1. The maximum atomic E-state index is 13.1. The van der Waals surface area contributed by atoms with Gasteiger partial charge in [-0.2, -0.15) is 0 Å². The number of rotatable bonds is 9. The van der Waals surface area contributed by atoms with Crippen LogP contribution in [0, 0.1) is 5.82 Å². The van der Waals surface area contributed by atoms with E-state index in [-0.39, 0.29) is 18.9 Å². The summed E-state index contributed by atoms with van der Waals surface area (Å²) in [5.41, 5.74) is 3.33. The van der Waals surface area contributed by atoms with E-state index in [1.54, 1.807) is 12.4 Å². The number of nitrogens with zero attached hydrogens (tertiary/aromatic N) is 2. The third-order valence-electron chi connectivity index (χ3n) is 4.68. The fourth-order valence-electron chi connectivity index (χ4n) is 3.14. The summed E-state index contributed by atoms with van der Waals surface area (Å²) in [4.78, 5) is 16.3. The van der Waals surface area contributed by atoms with Gasteiger partial charge in [-0.3, -0.25) is 14.1 Å². The van der Waals surface area contributed by atoms with Gasteiger partial charge in [-0.1, -0.05) is 12.1 Å². The predicted octanol–water partition coefficient (Wildman–Crippen LogP) is 4.00. The molecular weight excluding hydrogens is 417 g/mol. The molecule has 3 rings (SSSR count). The molecule has 0 saturated heterocycles. The Morgan fingerprint density at radius 3 is 2.19 bits per heavy atom. The quantitative estimate of drug-likeness (QED) is 0.544. The molecule has 2 aromatic carbocycles. The summed E-state index contributed by atoms with van der Waals surface area (Å²) in [5, 5.41) is 2.83. The first-order valence-electron chi connectivity index (χ1n) is 9.82. The highest BCUT2D eigenvalue weighted by molar-refractivity contribution is 7.92. The average Bonchev–Trinajstić information content (AvgIpc) is 2.73. The molecule has 1 amide bonds. The number of hydrogen-bond donors (Lipinski definition) is 1. The van der Waals surface area contributed by atoms with Gasteiger partial charge in [-0.05, 0) is 72.5 Å². The molecule has 0 spiro atoms. The Morgan fingerprint density at radius 2 is 1.58 bits per heavy atom. The van der Waals surface area contributed by atoms with Crippen LogP contribution in [-0.2, 0) is 21.2 Å². The van der Waals surface area contributed by atoms with Crippen LogP contribution in [0.3, 0.4) is 0 Å². The smallest absolute Gasteiger partial charge is 0.232 e. The second kappa shape index (κ2) is 10.2. The summed E-state index contributed by atoms with van der Waals surface area (Å²) in [7, 11) is -3.54. The Morgan fingerprint density at radius 1 is 0.968 bits per heavy atom. The van der Waals surface area contributed by atoms with Gasteiger partial charge in [0.1, 0.15) is 5.82 Å². The van der Waals surface area contributed by atoms with Crippen LogP contribution in [0.5, 0.6) is 0 Å². The summed E-state index contributed by atoms with van der Waals surface area (Å²) in [5.74, 6) is -0.641. The number of amides is 1. The van der Waals surface area contributed by atoms with Gasteiger partial charge in [0.05, 0.1) is 11.9 Å². The highest BCUT2D eigenvalue weighted by Crippen LogP contribution is 2.19. The normalized spacial score (nSPS) is 11.2. The summed E-state index contributed by atoms with van der Waals surface area (Å²) < 4.78 is 38.4. The van der Waals surface area contributed by atoms with Crippen molar-refractivity contribution >= 4 is 27.3 Å². The zero-order valence-corrected chi connectivity index (χ0v) is 18.0. The van der Waals surface area contributed by atoms with E-state index in [4.69, 9.17) is 0 Å². The first-order chi connectivity index (χ1) is 14.8. The van der Waals surface area contributed by atoms with Gasteiger partial charge in [-0.15, -0.1) is 0 Å². The Balaban J connectivity index is 1.51. The zero-order chi connectivity index (χ0) is 22.3. The first kappa shape index (κ1) is 22.4. The van der Waals surface area contributed by atoms with Crippen molar-refractivity contribution in [2.24, 2.45) is 0 Å². The van der Waals surface area contributed by atoms with E-state index in [1.807, 2.05) is 36.4 Å². The Labute approximate surface area is 181 Å². The molecule has 0 aliphatic carbocycles. The highest BCUT2D eigenvalue weighted by atomic mass is 32.2. The van der Waals surface area contributed by atoms with Crippen LogP contribution in [0.1, 0.15) is 24.0 Å². The molecule has 0 saturated carbocycles. The summed E-state index contributed by atoms with van der Waals surface area (Å²) in [6.07, 6.45) is 5.86. The molecule has 1 aromatic heterocycles. The van der Waals surface area contributed by atoms with E-state index in [2.05, 4.69) is 10.3 Å². The standard InChI is InChI=1S/C23H24FN3O3S/c1-31(29,30)27(22-10-6-20(24)7-11-22)16-2-3-23(28)26-21-8-4-18(5-9-21)17-19-12-14-25-15-13-19/h4-15H,2-3,16-17H2,1H3,(H,26,28). The molecular formula is C23H24FN3O3S. The van der Waals surface area contributed by atoms with Crippen molar-refractivity contribution in [1.29, 1.82) is 0 Å². The van der Waals surface area contributed by atoms with Crippen molar-refractivity contribution in [2.45, 2.75) is 19.3 Å². The van der Waals surface area contributed by atoms with Gasteiger partial charge in [-0.25, -0.2) is 12.8 Å². The van der Waals surface area contributed by atoms with Crippen molar-refractivity contribution in [2.75, 3.05) is 22.4 Å². The molecule has 0 unspecified atom stereocenters. The minimum Gasteiger partial charge on any atom is -0.326 e. The third-order valence-corrected chi connectivity index (χ3v) is 5.87. The van der Waals surface area contributed by atoms with Crippen molar-refractivity contribution in [3.63, 3.8) is 0 Å². The highest BCUT2D eigenvalue weighted by Gasteiger charge is 2.17. The summed E-state index contributed by atoms with van der Waals surface area (Å²) in [6.45, 7) is 0.128. The van der Waals surface area contributed by atoms with Crippen molar-refractivity contribution in [3.05, 3.63) is 90.0 Å². The number of benzene rings is 2. The lowest BCUT2D eigenvalue weighted by Gasteiger charge is -2.22. The van der Waals surface area contributed by atoms with Crippen molar-refractivity contribution < 1.29 is 17.6 Å². The number of aromatic nitrogens is 1. The largest absolute Gasteiger partial charge is 0.326 e. The van der Waals surface area contributed by atoms with Crippen LogP contribution < -0.4 is 9.62 Å². The number of halogens is 1. The number of pyridine rings is 1. The van der Waals surface area contributed by atoms with Gasteiger partial charge in [0.15, 0.2) is 0 Å². The van der Waals surface area contributed by atoms with Crippen LogP contribution >= 0.6 is 0 Å². The zero-order valence-electron chi connectivity index (χ0n) is 17.2. The summed E-state index contributed by atoms with van der Waals surface area (Å²) >= 11 is 0. The molecule has 6 nitrogen and oxygen atoms in total. The lowest BCUT2D eigenvalue weighted by Crippen LogP contribution is -2.31. The molecule has 3 aromatic rings. The fourth-order valence-corrected chi connectivity index (χ4v) is 4.11. The minimum atomic E-state index is -3.54. The lowest BCUT2D eigenvalue weighted by atomic mass is 10.1. The van der Waals surface area contributed by atoms with Crippen LogP contribution in [-0.4, -0.2) is 32.1 Å². The number of anilines is 2. The van der Waals surface area contributed by atoms with Crippen LogP contribution in [0.15, 0.2) is 73.1 Å². The van der Waals surface area contributed by atoms with Gasteiger partial charge >= 0.3 is 0 Å². The number of sulfonamides is 1. The van der Waals surface area contributed by atoms with Gasteiger partial charge in [0.2, 0.25) is 15.9 Å². The Bertz CT molecular complexity index is 1100. The fraction of sp³-hybridized carbons (Fsp3) is 0.217. The molecule has 0 fully saturated rings. The van der Waals surface area contributed by atoms with Crippen LogP contribution in [0.4, 0.5) is 15.8 Å². The van der Waals surface area contributed by atoms with Gasteiger partial charge < -0.3 is 5.32 Å². The van der Waals surface area contributed by atoms with E-state index in [0.29, 0.717) is 17.8 Å². The second-order valence-corrected chi connectivity index (χ2v) is 9.10. The molecule has 31 heavy (non-hydrogen) atoms. The van der Waals surface area contributed by atoms with Crippen molar-refractivity contribution in [1.82, 2.24) is 4.98 Å². The monoisotopic (exact) mass is 441 g/mol. The lowest BCUT2D eigenvalue weighted by molar-refractivity contribution is -0.116. The maximum Gasteiger partial charge on any atom is 0.232 e. The van der Waals surface area contributed by atoms with E-state index < -0.39 is 15.8 Å². The first-order valence-corrected chi connectivity index (χ1v) is 11.7. The van der Waals surface area contributed by atoms with E-state index in [0.717, 1.165) is 23.8 Å². The topological polar surface area (TPSA) is 79.4 Å². The molecule has 1 N–H and O–H groups in total. The molecule has 0 atom stereocenters. The molecule has 0 radical (unpaired) electrons. The van der Waals surface area contributed by atoms with E-state index >= 15 is 0 Å². The maximum absolute atomic E-state index is 13.1. The Hall–Kier alpha value is -3.26. The summed E-state index contributed by atoms with van der Waals surface area (Å²) in [6, 6.07) is 16.7. The van der Waals surface area contributed by atoms with Gasteiger partial charge in [0.25, 0.3) is 0 Å². The molecule has 0 bridgehead atoms. The number of hydrogen-bond acceptors (Lipinski definition) is 4. The molecule has 1 heterocycles. The van der Waals surface area contributed by atoms with Crippen LogP contribution in [0.25, 0.3) is 0 Å². The molecule has 0 aliphatic rings. The van der Waals surface area contributed by atoms with E-state index in [1.165, 1.54) is 28.6 Å². The van der Waals surface area contributed by atoms with E-state index in [9.17, 15) is 17.6 Å². The van der Waals surface area contributed by atoms with Gasteiger partial charge in [0, 0.05) is 31.0 Å². The Kier molecular flexibility index (Phi) is 7.36. The second-order valence-electron chi connectivity index (χ2n) is 7.19. The number of nitrogens with one attached hydrogen (secondary N) is 1.